The first-order valence-electron chi connectivity index (χ1n) is 9.63. The Bertz CT molecular complexity index is 783. The van der Waals surface area contributed by atoms with E-state index >= 15 is 0 Å². The number of hydrogen-bond donors (Lipinski definition) is 0. The predicted molar refractivity (Wildman–Crippen MR) is 105 cm³/mol. The molecule has 2 aliphatic rings. The van der Waals surface area contributed by atoms with E-state index in [1.54, 1.807) is 4.90 Å². The van der Waals surface area contributed by atoms with Gasteiger partial charge < -0.3 is 14.4 Å². The normalized spacial score (nSPS) is 24.9. The monoisotopic (exact) mass is 411 g/mol. The van der Waals surface area contributed by atoms with Crippen LogP contribution >= 0.6 is 0 Å². The Morgan fingerprint density at radius 1 is 1.11 bits per heavy atom. The molecule has 0 radical (unpaired) electrons. The van der Waals surface area contributed by atoms with Crippen molar-refractivity contribution in [2.24, 2.45) is 0 Å². The second kappa shape index (κ2) is 8.77. The molecule has 2 fully saturated rings. The van der Waals surface area contributed by atoms with Crippen LogP contribution in [0.15, 0.2) is 24.3 Å². The summed E-state index contributed by atoms with van der Waals surface area (Å²) in [7, 11) is -3.54. The molecule has 0 bridgehead atoms. The van der Waals surface area contributed by atoms with Gasteiger partial charge in [-0.05, 0) is 38.5 Å². The standard InChI is InChI=1S/C19H29N3O5S/c1-15-5-4-6-18(11-15)26-14-19(23)20-7-9-21(10-8-20)28(24,25)22-12-16(2)27-17(3)13-22/h4-6,11,16-17H,7-10,12-14H2,1-3H3/t16-,17-/m1/s1. The summed E-state index contributed by atoms with van der Waals surface area (Å²) < 4.78 is 40.0. The van der Waals surface area contributed by atoms with E-state index in [1.165, 1.54) is 8.61 Å². The first-order valence-corrected chi connectivity index (χ1v) is 11.0. The molecular formula is C19H29N3O5S. The number of aryl methyl sites for hydroxylation is 1. The molecule has 1 amide bonds. The molecule has 0 aliphatic carbocycles. The van der Waals surface area contributed by atoms with Crippen molar-refractivity contribution < 1.29 is 22.7 Å². The maximum absolute atomic E-state index is 12.9. The molecule has 1 aromatic carbocycles. The van der Waals surface area contributed by atoms with Gasteiger partial charge >= 0.3 is 0 Å². The number of amides is 1. The number of rotatable bonds is 5. The van der Waals surface area contributed by atoms with Crippen molar-refractivity contribution in [3.63, 3.8) is 0 Å². The van der Waals surface area contributed by atoms with E-state index in [-0.39, 0.29) is 24.7 Å². The first-order chi connectivity index (χ1) is 13.3. The molecule has 8 nitrogen and oxygen atoms in total. The summed E-state index contributed by atoms with van der Waals surface area (Å²) in [6.07, 6.45) is -0.250. The summed E-state index contributed by atoms with van der Waals surface area (Å²) in [5.41, 5.74) is 1.07. The van der Waals surface area contributed by atoms with Gasteiger partial charge in [-0.2, -0.15) is 17.0 Å². The van der Waals surface area contributed by atoms with Gasteiger partial charge in [0.1, 0.15) is 5.75 Å². The van der Waals surface area contributed by atoms with Crippen molar-refractivity contribution in [2.75, 3.05) is 45.9 Å². The molecule has 0 aromatic heterocycles. The smallest absolute Gasteiger partial charge is 0.282 e. The molecule has 2 saturated heterocycles. The SMILES string of the molecule is Cc1cccc(OCC(=O)N2CCN(S(=O)(=O)N3C[C@@H](C)O[C@H](C)C3)CC2)c1. The van der Waals surface area contributed by atoms with Crippen LogP contribution in [0.5, 0.6) is 5.75 Å². The summed E-state index contributed by atoms with van der Waals surface area (Å²) in [6, 6.07) is 7.54. The quantitative estimate of drug-likeness (QED) is 0.718. The Hall–Kier alpha value is -1.68. The van der Waals surface area contributed by atoms with Gasteiger partial charge in [0.25, 0.3) is 16.1 Å². The van der Waals surface area contributed by atoms with E-state index < -0.39 is 10.2 Å². The number of piperazine rings is 1. The Morgan fingerprint density at radius 2 is 1.75 bits per heavy atom. The van der Waals surface area contributed by atoms with E-state index in [1.807, 2.05) is 45.0 Å². The number of hydrogen-bond acceptors (Lipinski definition) is 5. The molecule has 0 spiro atoms. The minimum Gasteiger partial charge on any atom is -0.484 e. The van der Waals surface area contributed by atoms with Crippen molar-refractivity contribution in [2.45, 2.75) is 33.0 Å². The van der Waals surface area contributed by atoms with Crippen LogP contribution in [-0.4, -0.2) is 85.9 Å². The summed E-state index contributed by atoms with van der Waals surface area (Å²) in [5.74, 6) is 0.525. The van der Waals surface area contributed by atoms with E-state index in [4.69, 9.17) is 9.47 Å². The van der Waals surface area contributed by atoms with Crippen molar-refractivity contribution in [3.05, 3.63) is 29.8 Å². The van der Waals surface area contributed by atoms with Crippen molar-refractivity contribution in [3.8, 4) is 5.75 Å². The van der Waals surface area contributed by atoms with Gasteiger partial charge in [0.15, 0.2) is 6.61 Å². The van der Waals surface area contributed by atoms with Crippen molar-refractivity contribution in [1.82, 2.24) is 13.5 Å². The third-order valence-corrected chi connectivity index (χ3v) is 6.95. The Balaban J connectivity index is 1.51. The summed E-state index contributed by atoms with van der Waals surface area (Å²) in [6.45, 7) is 7.70. The minimum absolute atomic E-state index is 0.0469. The molecule has 2 atom stereocenters. The molecule has 2 aliphatic heterocycles. The van der Waals surface area contributed by atoms with Crippen LogP contribution in [0.4, 0.5) is 0 Å². The fourth-order valence-electron chi connectivity index (χ4n) is 3.59. The van der Waals surface area contributed by atoms with E-state index in [0.29, 0.717) is 45.0 Å². The van der Waals surface area contributed by atoms with E-state index in [9.17, 15) is 13.2 Å². The second-order valence-electron chi connectivity index (χ2n) is 7.47. The first kappa shape index (κ1) is 21.0. The molecule has 0 N–H and O–H groups in total. The third-order valence-electron chi connectivity index (χ3n) is 4.98. The lowest BCUT2D eigenvalue weighted by atomic mass is 10.2. The number of ether oxygens (including phenoxy) is 2. The topological polar surface area (TPSA) is 79.4 Å². The van der Waals surface area contributed by atoms with E-state index in [0.717, 1.165) is 5.56 Å². The van der Waals surface area contributed by atoms with Crippen LogP contribution in [0, 0.1) is 6.92 Å². The Morgan fingerprint density at radius 3 is 2.36 bits per heavy atom. The van der Waals surface area contributed by atoms with Crippen LogP contribution in [0.2, 0.25) is 0 Å². The lowest BCUT2D eigenvalue weighted by molar-refractivity contribution is -0.134. The van der Waals surface area contributed by atoms with Gasteiger partial charge in [0.05, 0.1) is 12.2 Å². The molecule has 0 saturated carbocycles. The van der Waals surface area contributed by atoms with Gasteiger partial charge in [0.2, 0.25) is 0 Å². The number of carbonyl (C=O) groups is 1. The third kappa shape index (κ3) is 5.02. The number of nitrogens with zero attached hydrogens (tertiary/aromatic N) is 3. The molecule has 3 rings (SSSR count). The van der Waals surface area contributed by atoms with Crippen LogP contribution in [-0.2, 0) is 19.7 Å². The molecule has 28 heavy (non-hydrogen) atoms. The summed E-state index contributed by atoms with van der Waals surface area (Å²) >= 11 is 0. The molecule has 2 heterocycles. The highest BCUT2D eigenvalue weighted by molar-refractivity contribution is 7.86. The van der Waals surface area contributed by atoms with Gasteiger partial charge in [-0.15, -0.1) is 0 Å². The fourth-order valence-corrected chi connectivity index (χ4v) is 5.34. The minimum atomic E-state index is -3.54. The molecule has 0 unspecified atom stereocenters. The highest BCUT2D eigenvalue weighted by Gasteiger charge is 2.37. The average molecular weight is 412 g/mol. The lowest BCUT2D eigenvalue weighted by Crippen LogP contribution is -2.58. The highest BCUT2D eigenvalue weighted by Crippen LogP contribution is 2.19. The largest absolute Gasteiger partial charge is 0.484 e. The summed E-state index contributed by atoms with van der Waals surface area (Å²) in [5, 5.41) is 0. The Kier molecular flexibility index (Phi) is 6.59. The molecular weight excluding hydrogens is 382 g/mol. The molecule has 9 heteroatoms. The van der Waals surface area contributed by atoms with E-state index in [2.05, 4.69) is 0 Å². The van der Waals surface area contributed by atoms with Gasteiger partial charge in [0, 0.05) is 39.3 Å². The number of benzene rings is 1. The van der Waals surface area contributed by atoms with Crippen LogP contribution in [0.25, 0.3) is 0 Å². The second-order valence-corrected chi connectivity index (χ2v) is 9.40. The van der Waals surface area contributed by atoms with Gasteiger partial charge in [-0.1, -0.05) is 12.1 Å². The number of carbonyl (C=O) groups excluding carboxylic acids is 1. The maximum atomic E-state index is 12.9. The zero-order valence-corrected chi connectivity index (χ0v) is 17.5. The lowest BCUT2D eigenvalue weighted by Gasteiger charge is -2.40. The number of morpholine rings is 1. The predicted octanol–water partition coefficient (Wildman–Crippen LogP) is 0.872. The van der Waals surface area contributed by atoms with Crippen LogP contribution < -0.4 is 4.74 Å². The fraction of sp³-hybridized carbons (Fsp3) is 0.632. The van der Waals surface area contributed by atoms with Crippen LogP contribution in [0.3, 0.4) is 0 Å². The van der Waals surface area contributed by atoms with Crippen molar-refractivity contribution in [1.29, 1.82) is 0 Å². The Labute approximate surface area is 167 Å². The zero-order chi connectivity index (χ0) is 20.3. The molecule has 156 valence electrons. The van der Waals surface area contributed by atoms with Gasteiger partial charge in [-0.3, -0.25) is 4.79 Å². The van der Waals surface area contributed by atoms with Crippen LogP contribution in [0.1, 0.15) is 19.4 Å². The maximum Gasteiger partial charge on any atom is 0.282 e. The highest BCUT2D eigenvalue weighted by atomic mass is 32.2. The average Bonchev–Trinajstić information content (AvgIpc) is 2.65. The van der Waals surface area contributed by atoms with Crippen molar-refractivity contribution >= 4 is 16.1 Å². The zero-order valence-electron chi connectivity index (χ0n) is 16.7. The molecule has 1 aromatic rings. The van der Waals surface area contributed by atoms with Gasteiger partial charge in [-0.25, -0.2) is 0 Å². The summed E-state index contributed by atoms with van der Waals surface area (Å²) in [4.78, 5) is 14.1.